The van der Waals surface area contributed by atoms with Gasteiger partial charge in [-0.2, -0.15) is 0 Å². The first-order chi connectivity index (χ1) is 8.70. The van der Waals surface area contributed by atoms with Gasteiger partial charge in [0.25, 0.3) is 5.91 Å². The van der Waals surface area contributed by atoms with Crippen molar-refractivity contribution in [3.05, 3.63) is 35.4 Å². The molecular weight excluding hydrogens is 224 g/mol. The van der Waals surface area contributed by atoms with Crippen molar-refractivity contribution in [2.75, 3.05) is 0 Å². The zero-order valence-corrected chi connectivity index (χ0v) is 10.7. The average molecular weight is 242 g/mol. The maximum Gasteiger partial charge on any atom is 0.272 e. The molecule has 18 heavy (non-hydrogen) atoms. The van der Waals surface area contributed by atoms with Gasteiger partial charge in [-0.15, -0.1) is 0 Å². The van der Waals surface area contributed by atoms with Gasteiger partial charge in [-0.25, -0.2) is 0 Å². The van der Waals surface area contributed by atoms with Crippen LogP contribution in [0.2, 0.25) is 0 Å². The van der Waals surface area contributed by atoms with Gasteiger partial charge < -0.3 is 5.32 Å². The van der Waals surface area contributed by atoms with Crippen LogP contribution in [-0.4, -0.2) is 17.3 Å². The first-order valence-corrected chi connectivity index (χ1v) is 6.69. The minimum Gasteiger partial charge on any atom is -0.326 e. The monoisotopic (exact) mass is 242 g/mol. The van der Waals surface area contributed by atoms with Crippen molar-refractivity contribution in [2.45, 2.75) is 44.7 Å². The topological polar surface area (TPSA) is 41.5 Å². The van der Waals surface area contributed by atoms with Crippen LogP contribution in [0.5, 0.6) is 0 Å². The Morgan fingerprint density at radius 1 is 1.17 bits per heavy atom. The van der Waals surface area contributed by atoms with Crippen molar-refractivity contribution in [1.29, 1.82) is 0 Å². The van der Waals surface area contributed by atoms with Crippen LogP contribution in [0.1, 0.15) is 43.2 Å². The highest BCUT2D eigenvalue weighted by Crippen LogP contribution is 2.33. The third kappa shape index (κ3) is 1.84. The van der Waals surface area contributed by atoms with E-state index >= 15 is 0 Å². The van der Waals surface area contributed by atoms with E-state index in [9.17, 15) is 4.79 Å². The van der Waals surface area contributed by atoms with Crippen molar-refractivity contribution in [2.24, 2.45) is 4.99 Å². The molecule has 1 aromatic rings. The van der Waals surface area contributed by atoms with Gasteiger partial charge in [-0.1, -0.05) is 30.7 Å². The van der Waals surface area contributed by atoms with Crippen molar-refractivity contribution in [3.63, 3.8) is 0 Å². The Morgan fingerprint density at radius 2 is 1.89 bits per heavy atom. The lowest BCUT2D eigenvalue weighted by molar-refractivity contribution is -0.115. The number of nitrogens with zero attached hydrogens (tertiary/aromatic N) is 1. The Bertz CT molecular complexity index is 513. The molecule has 1 aliphatic carbocycles. The van der Waals surface area contributed by atoms with Crippen LogP contribution < -0.4 is 5.32 Å². The molecule has 3 nitrogen and oxygen atoms in total. The number of carbonyl (C=O) groups excluding carboxylic acids is 1. The Labute approximate surface area is 107 Å². The summed E-state index contributed by atoms with van der Waals surface area (Å²) in [6.45, 7) is 2.02. The third-order valence-electron chi connectivity index (χ3n) is 3.97. The van der Waals surface area contributed by atoms with Crippen LogP contribution in [0.25, 0.3) is 0 Å². The lowest BCUT2D eigenvalue weighted by Gasteiger charge is -2.30. The maximum absolute atomic E-state index is 12.2. The molecule has 1 saturated carbocycles. The van der Waals surface area contributed by atoms with Crippen LogP contribution in [0.15, 0.2) is 29.3 Å². The molecule has 1 fully saturated rings. The van der Waals surface area contributed by atoms with Crippen molar-refractivity contribution in [1.82, 2.24) is 5.32 Å². The SMILES string of the molecule is Cc1ccccc1C1=NC2(CCCCC2)NC1=O. The average Bonchev–Trinajstić information content (AvgIpc) is 2.67. The number of nitrogens with one attached hydrogen (secondary N) is 1. The molecule has 0 aromatic heterocycles. The van der Waals surface area contributed by atoms with E-state index in [1.807, 2.05) is 31.2 Å². The van der Waals surface area contributed by atoms with E-state index in [2.05, 4.69) is 5.32 Å². The van der Waals surface area contributed by atoms with Crippen LogP contribution in [0, 0.1) is 6.92 Å². The highest BCUT2D eigenvalue weighted by Gasteiger charge is 2.40. The molecule has 1 aromatic carbocycles. The van der Waals surface area contributed by atoms with Gasteiger partial charge in [0, 0.05) is 5.56 Å². The second-order valence-electron chi connectivity index (χ2n) is 5.32. The van der Waals surface area contributed by atoms with Gasteiger partial charge in [0.15, 0.2) is 0 Å². The summed E-state index contributed by atoms with van der Waals surface area (Å²) >= 11 is 0. The number of amides is 1. The summed E-state index contributed by atoms with van der Waals surface area (Å²) in [5.41, 5.74) is 2.40. The van der Waals surface area contributed by atoms with Crippen LogP contribution in [-0.2, 0) is 4.79 Å². The minimum atomic E-state index is -0.299. The molecule has 0 atom stereocenters. The van der Waals surface area contributed by atoms with E-state index < -0.39 is 0 Å². The smallest absolute Gasteiger partial charge is 0.272 e. The minimum absolute atomic E-state index is 0.00815. The Hall–Kier alpha value is -1.64. The van der Waals surface area contributed by atoms with Crippen LogP contribution in [0.4, 0.5) is 0 Å². The summed E-state index contributed by atoms with van der Waals surface area (Å²) in [4.78, 5) is 16.9. The van der Waals surface area contributed by atoms with E-state index in [1.54, 1.807) is 0 Å². The van der Waals surface area contributed by atoms with E-state index in [4.69, 9.17) is 4.99 Å². The summed E-state index contributed by atoms with van der Waals surface area (Å²) in [6.07, 6.45) is 5.53. The quantitative estimate of drug-likeness (QED) is 0.808. The number of carbonyl (C=O) groups is 1. The van der Waals surface area contributed by atoms with E-state index in [1.165, 1.54) is 6.42 Å². The molecule has 0 unspecified atom stereocenters. The molecule has 1 N–H and O–H groups in total. The molecule has 2 aliphatic rings. The molecule has 0 bridgehead atoms. The van der Waals surface area contributed by atoms with Crippen molar-refractivity contribution in [3.8, 4) is 0 Å². The highest BCUT2D eigenvalue weighted by atomic mass is 16.2. The molecule has 0 radical (unpaired) electrons. The molecule has 1 aliphatic heterocycles. The summed E-state index contributed by atoms with van der Waals surface area (Å²) in [7, 11) is 0. The second kappa shape index (κ2) is 4.23. The number of hydrogen-bond acceptors (Lipinski definition) is 2. The van der Waals surface area contributed by atoms with Crippen LogP contribution >= 0.6 is 0 Å². The predicted octanol–water partition coefficient (Wildman–Crippen LogP) is 2.57. The number of rotatable bonds is 1. The largest absolute Gasteiger partial charge is 0.326 e. The fourth-order valence-electron chi connectivity index (χ4n) is 2.96. The molecule has 3 rings (SSSR count). The summed E-state index contributed by atoms with van der Waals surface area (Å²) in [5.74, 6) is -0.00815. The summed E-state index contributed by atoms with van der Waals surface area (Å²) < 4.78 is 0. The highest BCUT2D eigenvalue weighted by molar-refractivity contribution is 6.47. The molecule has 0 saturated heterocycles. The molecule has 1 amide bonds. The third-order valence-corrected chi connectivity index (χ3v) is 3.97. The van der Waals surface area contributed by atoms with E-state index in [-0.39, 0.29) is 11.6 Å². The van der Waals surface area contributed by atoms with Gasteiger partial charge in [-0.3, -0.25) is 9.79 Å². The van der Waals surface area contributed by atoms with Gasteiger partial charge in [0.1, 0.15) is 11.4 Å². The zero-order valence-electron chi connectivity index (χ0n) is 10.7. The fourth-order valence-corrected chi connectivity index (χ4v) is 2.96. The maximum atomic E-state index is 12.2. The summed E-state index contributed by atoms with van der Waals surface area (Å²) in [6, 6.07) is 7.96. The molecule has 1 spiro atoms. The standard InChI is InChI=1S/C15H18N2O/c1-11-7-3-4-8-12(11)13-14(18)17-15(16-13)9-5-2-6-10-15/h3-4,7-8H,2,5-6,9-10H2,1H3,(H,17,18). The van der Waals surface area contributed by atoms with Crippen molar-refractivity contribution < 1.29 is 4.79 Å². The predicted molar refractivity (Wildman–Crippen MR) is 71.7 cm³/mol. The Balaban J connectivity index is 1.99. The number of aryl methyl sites for hydroxylation is 1. The van der Waals surface area contributed by atoms with E-state index in [0.717, 1.165) is 36.8 Å². The number of aliphatic imine (C=N–C) groups is 1. The van der Waals surface area contributed by atoms with E-state index in [0.29, 0.717) is 5.71 Å². The van der Waals surface area contributed by atoms with Gasteiger partial charge in [0.2, 0.25) is 0 Å². The second-order valence-corrected chi connectivity index (χ2v) is 5.32. The zero-order chi connectivity index (χ0) is 12.6. The van der Waals surface area contributed by atoms with Crippen molar-refractivity contribution >= 4 is 11.6 Å². The lowest BCUT2D eigenvalue weighted by atomic mass is 9.90. The van der Waals surface area contributed by atoms with Gasteiger partial charge in [0.05, 0.1) is 0 Å². The lowest BCUT2D eigenvalue weighted by Crippen LogP contribution is -2.43. The number of hydrogen-bond donors (Lipinski definition) is 1. The first-order valence-electron chi connectivity index (χ1n) is 6.69. The van der Waals surface area contributed by atoms with Gasteiger partial charge in [-0.05, 0) is 38.2 Å². The Kier molecular flexibility index (Phi) is 2.69. The Morgan fingerprint density at radius 3 is 2.61 bits per heavy atom. The first kappa shape index (κ1) is 11.5. The number of benzene rings is 1. The fraction of sp³-hybridized carbons (Fsp3) is 0.467. The molecule has 94 valence electrons. The molecular formula is C15H18N2O. The normalized spacial score (nSPS) is 21.8. The van der Waals surface area contributed by atoms with Gasteiger partial charge >= 0.3 is 0 Å². The molecule has 1 heterocycles. The molecule has 3 heteroatoms. The van der Waals surface area contributed by atoms with Crippen LogP contribution in [0.3, 0.4) is 0 Å². The summed E-state index contributed by atoms with van der Waals surface area (Å²) in [5, 5.41) is 3.10.